The quantitative estimate of drug-likeness (QED) is 0.531. The van der Waals surface area contributed by atoms with Gasteiger partial charge in [0.15, 0.2) is 6.61 Å². The lowest BCUT2D eigenvalue weighted by Gasteiger charge is -2.30. The van der Waals surface area contributed by atoms with Crippen LogP contribution in [0.4, 0.5) is 0 Å². The van der Waals surface area contributed by atoms with Gasteiger partial charge < -0.3 is 28.8 Å². The van der Waals surface area contributed by atoms with Crippen molar-refractivity contribution in [1.82, 2.24) is 15.2 Å². The number of benzene rings is 1. The van der Waals surface area contributed by atoms with E-state index in [2.05, 4.69) is 10.3 Å². The first kappa shape index (κ1) is 27.7. The predicted molar refractivity (Wildman–Crippen MR) is 135 cm³/mol. The normalized spacial score (nSPS) is 17.0. The second-order valence-electron chi connectivity index (χ2n) is 10.6. The molecule has 0 aliphatic carbocycles. The molecule has 2 aromatic rings. The van der Waals surface area contributed by atoms with Crippen LogP contribution < -0.4 is 10.1 Å². The number of rotatable bonds is 10. The van der Waals surface area contributed by atoms with Gasteiger partial charge in [-0.2, -0.15) is 0 Å². The Hall–Kier alpha value is -2.91. The summed E-state index contributed by atoms with van der Waals surface area (Å²) in [4.78, 5) is 32.4. The first-order valence-corrected chi connectivity index (χ1v) is 12.5. The molecule has 2 heterocycles. The van der Waals surface area contributed by atoms with E-state index in [-0.39, 0.29) is 35.9 Å². The van der Waals surface area contributed by atoms with Crippen LogP contribution in [0.25, 0.3) is 0 Å². The van der Waals surface area contributed by atoms with E-state index in [1.807, 2.05) is 34.6 Å². The van der Waals surface area contributed by atoms with E-state index < -0.39 is 6.04 Å². The average Bonchev–Trinajstić information content (AvgIpc) is 3.32. The lowest BCUT2D eigenvalue weighted by Crippen LogP contribution is -2.50. The van der Waals surface area contributed by atoms with Crippen LogP contribution in [-0.2, 0) is 26.3 Å². The van der Waals surface area contributed by atoms with Crippen molar-refractivity contribution in [1.29, 1.82) is 0 Å². The summed E-state index contributed by atoms with van der Waals surface area (Å²) in [7, 11) is 1.72. The van der Waals surface area contributed by atoms with E-state index in [4.69, 9.17) is 18.6 Å². The third kappa shape index (κ3) is 7.80. The van der Waals surface area contributed by atoms with Crippen molar-refractivity contribution in [2.45, 2.75) is 65.2 Å². The third-order valence-corrected chi connectivity index (χ3v) is 5.82. The Labute approximate surface area is 213 Å². The highest BCUT2D eigenvalue weighted by molar-refractivity contribution is 5.99. The maximum absolute atomic E-state index is 13.3. The number of likely N-dealkylation sites (N-methyl/N-ethyl adjacent to an activating group) is 1. The van der Waals surface area contributed by atoms with Gasteiger partial charge in [-0.3, -0.25) is 9.59 Å². The fourth-order valence-electron chi connectivity index (χ4n) is 3.88. The Morgan fingerprint density at radius 3 is 2.61 bits per heavy atom. The zero-order valence-electron chi connectivity index (χ0n) is 22.2. The molecule has 1 N–H and O–H groups in total. The minimum atomic E-state index is -0.679. The number of nitrogens with one attached hydrogen (secondary N) is 1. The lowest BCUT2D eigenvalue weighted by molar-refractivity contribution is -0.138. The number of hydrogen-bond acceptors (Lipinski definition) is 7. The molecule has 3 rings (SSSR count). The van der Waals surface area contributed by atoms with Gasteiger partial charge in [0.1, 0.15) is 17.6 Å². The van der Waals surface area contributed by atoms with Crippen molar-refractivity contribution < 1.29 is 28.2 Å². The number of hydrogen-bond donors (Lipinski definition) is 1. The molecule has 9 nitrogen and oxygen atoms in total. The van der Waals surface area contributed by atoms with Crippen molar-refractivity contribution >= 4 is 11.8 Å². The molecule has 2 atom stereocenters. The van der Waals surface area contributed by atoms with Crippen molar-refractivity contribution in [3.8, 4) is 5.75 Å². The Balaban J connectivity index is 1.67. The smallest absolute Gasteiger partial charge is 0.255 e. The van der Waals surface area contributed by atoms with Crippen LogP contribution in [0.3, 0.4) is 0 Å². The molecule has 36 heavy (non-hydrogen) atoms. The van der Waals surface area contributed by atoms with E-state index in [1.165, 1.54) is 0 Å². The van der Waals surface area contributed by atoms with Gasteiger partial charge in [0.2, 0.25) is 11.8 Å². The summed E-state index contributed by atoms with van der Waals surface area (Å²) in [6.45, 7) is 12.2. The first-order chi connectivity index (χ1) is 17.0. The van der Waals surface area contributed by atoms with E-state index >= 15 is 0 Å². The van der Waals surface area contributed by atoms with Crippen LogP contribution in [0.5, 0.6) is 5.75 Å². The lowest BCUT2D eigenvalue weighted by atomic mass is 9.94. The summed E-state index contributed by atoms with van der Waals surface area (Å²) >= 11 is 0. The zero-order chi connectivity index (χ0) is 26.3. The van der Waals surface area contributed by atoms with Crippen LogP contribution in [0.1, 0.15) is 63.0 Å². The zero-order valence-corrected chi connectivity index (χ0v) is 22.2. The number of para-hydroxylation sites is 1. The fourth-order valence-corrected chi connectivity index (χ4v) is 3.88. The second kappa shape index (κ2) is 12.4. The molecular formula is C27H39N3O6. The minimum Gasteiger partial charge on any atom is -0.483 e. The molecule has 1 saturated heterocycles. The van der Waals surface area contributed by atoms with Gasteiger partial charge in [-0.25, -0.2) is 4.98 Å². The van der Waals surface area contributed by atoms with Crippen LogP contribution in [0.15, 0.2) is 34.9 Å². The van der Waals surface area contributed by atoms with Gasteiger partial charge in [0.05, 0.1) is 37.7 Å². The first-order valence-electron chi connectivity index (χ1n) is 12.5. The Bertz CT molecular complexity index is 1010. The highest BCUT2D eigenvalue weighted by Gasteiger charge is 2.28. The Morgan fingerprint density at radius 2 is 1.97 bits per heavy atom. The number of carbonyl (C=O) groups excluding carboxylic acids is 2. The second-order valence-corrected chi connectivity index (χ2v) is 10.6. The summed E-state index contributed by atoms with van der Waals surface area (Å²) < 4.78 is 22.8. The molecule has 1 aromatic heterocycles. The van der Waals surface area contributed by atoms with Gasteiger partial charge in [-0.1, -0.05) is 46.8 Å². The van der Waals surface area contributed by atoms with Gasteiger partial charge >= 0.3 is 0 Å². The summed E-state index contributed by atoms with van der Waals surface area (Å²) in [5.74, 6) is 1.24. The maximum atomic E-state index is 13.3. The van der Waals surface area contributed by atoms with E-state index in [1.54, 1.807) is 42.4 Å². The van der Waals surface area contributed by atoms with Crippen molar-refractivity contribution in [2.24, 2.45) is 5.92 Å². The Morgan fingerprint density at radius 1 is 1.22 bits per heavy atom. The minimum absolute atomic E-state index is 0.0842. The van der Waals surface area contributed by atoms with E-state index in [9.17, 15) is 9.59 Å². The van der Waals surface area contributed by atoms with Crippen LogP contribution in [0, 0.1) is 5.92 Å². The highest BCUT2D eigenvalue weighted by Crippen LogP contribution is 2.24. The number of aromatic nitrogens is 1. The van der Waals surface area contributed by atoms with E-state index in [0.29, 0.717) is 50.0 Å². The molecule has 2 amide bonds. The average molecular weight is 502 g/mol. The van der Waals surface area contributed by atoms with Crippen molar-refractivity contribution in [3.63, 3.8) is 0 Å². The molecule has 1 aliphatic heterocycles. The molecule has 1 aromatic carbocycles. The number of ether oxygens (including phenoxy) is 3. The number of nitrogens with zero attached hydrogens (tertiary/aromatic N) is 2. The van der Waals surface area contributed by atoms with Crippen LogP contribution in [-0.4, -0.2) is 67.3 Å². The van der Waals surface area contributed by atoms with E-state index in [0.717, 1.165) is 5.76 Å². The molecule has 1 fully saturated rings. The van der Waals surface area contributed by atoms with Gasteiger partial charge in [-0.05, 0) is 24.5 Å². The molecule has 0 bridgehead atoms. The molecule has 1 aliphatic rings. The standard InChI is InChI=1S/C27H39N3O6/c1-18(2)13-21(26(32)30(6)15-19-16-33-11-12-34-19)29-25(31)20-9-7-8-10-22(20)35-17-24-28-14-23(36-24)27(3,4)5/h7-10,14,18-19,21H,11-13,15-17H2,1-6H3,(H,29,31)/t19?,21-/m1/s1. The maximum Gasteiger partial charge on any atom is 0.255 e. The third-order valence-electron chi connectivity index (χ3n) is 5.82. The van der Waals surface area contributed by atoms with Gasteiger partial charge in [0.25, 0.3) is 5.91 Å². The number of amides is 2. The summed E-state index contributed by atoms with van der Waals surface area (Å²) in [5.41, 5.74) is 0.179. The highest BCUT2D eigenvalue weighted by atomic mass is 16.6. The number of carbonyl (C=O) groups is 2. The van der Waals surface area contributed by atoms with Crippen LogP contribution >= 0.6 is 0 Å². The molecule has 1 unspecified atom stereocenters. The largest absolute Gasteiger partial charge is 0.483 e. The molecule has 198 valence electrons. The van der Waals surface area contributed by atoms with Crippen molar-refractivity contribution in [2.75, 3.05) is 33.4 Å². The van der Waals surface area contributed by atoms with Crippen molar-refractivity contribution in [3.05, 3.63) is 47.7 Å². The predicted octanol–water partition coefficient (Wildman–Crippen LogP) is 3.57. The molecule has 0 radical (unpaired) electrons. The summed E-state index contributed by atoms with van der Waals surface area (Å²) in [6, 6.07) is 6.26. The molecule has 0 saturated carbocycles. The monoisotopic (exact) mass is 501 g/mol. The van der Waals surface area contributed by atoms with Gasteiger partial charge in [-0.15, -0.1) is 0 Å². The molecular weight excluding hydrogens is 462 g/mol. The summed E-state index contributed by atoms with van der Waals surface area (Å²) in [5, 5.41) is 2.92. The fraction of sp³-hybridized carbons (Fsp3) is 0.593. The summed E-state index contributed by atoms with van der Waals surface area (Å²) in [6.07, 6.45) is 2.03. The van der Waals surface area contributed by atoms with Gasteiger partial charge in [0, 0.05) is 19.0 Å². The topological polar surface area (TPSA) is 103 Å². The molecule has 9 heteroatoms. The molecule has 0 spiro atoms. The van der Waals surface area contributed by atoms with Crippen LogP contribution in [0.2, 0.25) is 0 Å². The number of oxazole rings is 1. The SMILES string of the molecule is CC(C)C[C@@H](NC(=O)c1ccccc1OCc1ncc(C(C)(C)C)o1)C(=O)N(C)CC1COCCO1. The Kier molecular flexibility index (Phi) is 9.50.